The summed E-state index contributed by atoms with van der Waals surface area (Å²) in [7, 11) is 0. The number of hydrogen-bond acceptors (Lipinski definition) is 5. The summed E-state index contributed by atoms with van der Waals surface area (Å²) in [5, 5.41) is 11.0. The zero-order valence-corrected chi connectivity index (χ0v) is 18.6. The Balaban J connectivity index is 1.43. The first kappa shape index (κ1) is 22.7. The number of anilines is 1. The van der Waals surface area contributed by atoms with Gasteiger partial charge < -0.3 is 14.5 Å². The highest BCUT2D eigenvalue weighted by molar-refractivity contribution is 6.04. The number of imidazole rings is 1. The van der Waals surface area contributed by atoms with Crippen LogP contribution in [0.2, 0.25) is 0 Å². The fourth-order valence-corrected chi connectivity index (χ4v) is 4.13. The van der Waals surface area contributed by atoms with Crippen molar-refractivity contribution in [2.24, 2.45) is 0 Å². The predicted molar refractivity (Wildman–Crippen MR) is 117 cm³/mol. The van der Waals surface area contributed by atoms with Gasteiger partial charge in [0.1, 0.15) is 23.2 Å². The van der Waals surface area contributed by atoms with Crippen molar-refractivity contribution in [1.29, 1.82) is 0 Å². The summed E-state index contributed by atoms with van der Waals surface area (Å²) in [6.45, 7) is 3.58. The second-order valence-electron chi connectivity index (χ2n) is 8.34. The van der Waals surface area contributed by atoms with E-state index in [9.17, 15) is 22.4 Å². The minimum absolute atomic E-state index is 0.166. The van der Waals surface area contributed by atoms with Crippen LogP contribution in [0.15, 0.2) is 42.9 Å². The molecular weight excluding hydrogens is 466 g/mol. The Morgan fingerprint density at radius 2 is 2.00 bits per heavy atom. The third kappa shape index (κ3) is 4.15. The number of rotatable bonds is 4. The monoisotopic (exact) mass is 485 g/mol. The highest BCUT2D eigenvalue weighted by Crippen LogP contribution is 2.31. The number of pyridine rings is 1. The normalized spacial score (nSPS) is 15.3. The first-order chi connectivity index (χ1) is 16.6. The molecule has 1 N–H and O–H groups in total. The largest absolute Gasteiger partial charge is 0.434 e. The zero-order chi connectivity index (χ0) is 24.9. The third-order valence-electron chi connectivity index (χ3n) is 5.89. The SMILES string of the molecule is Cc1cc(F)c(C(=O)Nc2cccc(-c3nnc4n3[C@@H](C)CC4)n2)cc1-n1cnc(C(F)(F)F)c1. The summed E-state index contributed by atoms with van der Waals surface area (Å²) in [5.74, 6) is -0.0137. The molecule has 3 aromatic heterocycles. The molecule has 0 radical (unpaired) electrons. The lowest BCUT2D eigenvalue weighted by Crippen LogP contribution is -2.16. The van der Waals surface area contributed by atoms with Gasteiger partial charge in [0.05, 0.1) is 17.6 Å². The minimum Gasteiger partial charge on any atom is -0.307 e. The molecule has 12 heteroatoms. The summed E-state index contributed by atoms with van der Waals surface area (Å²) in [4.78, 5) is 20.7. The molecule has 180 valence electrons. The molecule has 8 nitrogen and oxygen atoms in total. The van der Waals surface area contributed by atoms with Gasteiger partial charge in [-0.3, -0.25) is 4.79 Å². The van der Waals surface area contributed by atoms with E-state index in [-0.39, 0.29) is 23.1 Å². The van der Waals surface area contributed by atoms with Crippen molar-refractivity contribution >= 4 is 11.7 Å². The quantitative estimate of drug-likeness (QED) is 0.422. The first-order valence-corrected chi connectivity index (χ1v) is 10.8. The Bertz CT molecular complexity index is 1440. The van der Waals surface area contributed by atoms with E-state index < -0.39 is 23.6 Å². The Hall–Kier alpha value is -4.09. The molecule has 0 saturated carbocycles. The standard InChI is InChI=1S/C23H19F4N7O/c1-12-8-15(24)14(9-17(12)33-10-18(28-11-33)23(25,26)27)22(35)30-19-5-3-4-16(29-19)21-32-31-20-7-6-13(2)34(20)21/h3-5,8-11,13H,6-7H2,1-2H3,(H,29,30,35)/t13-/m0/s1. The van der Waals surface area contributed by atoms with Crippen LogP contribution in [0, 0.1) is 12.7 Å². The van der Waals surface area contributed by atoms with E-state index in [1.165, 1.54) is 13.0 Å². The Morgan fingerprint density at radius 1 is 1.20 bits per heavy atom. The number of fused-ring (bicyclic) bond motifs is 1. The van der Waals surface area contributed by atoms with E-state index in [0.29, 0.717) is 17.1 Å². The van der Waals surface area contributed by atoms with Crippen LogP contribution in [0.4, 0.5) is 23.4 Å². The molecule has 0 aliphatic carbocycles. The maximum absolute atomic E-state index is 14.7. The molecule has 1 aliphatic rings. The number of benzene rings is 1. The highest BCUT2D eigenvalue weighted by Gasteiger charge is 2.33. The number of amides is 1. The Kier molecular flexibility index (Phi) is 5.37. The van der Waals surface area contributed by atoms with Gasteiger partial charge >= 0.3 is 6.18 Å². The van der Waals surface area contributed by atoms with Gasteiger partial charge in [0.25, 0.3) is 5.91 Å². The van der Waals surface area contributed by atoms with Gasteiger partial charge in [-0.2, -0.15) is 13.2 Å². The van der Waals surface area contributed by atoms with Gasteiger partial charge in [-0.25, -0.2) is 14.4 Å². The summed E-state index contributed by atoms with van der Waals surface area (Å²) >= 11 is 0. The average molecular weight is 485 g/mol. The van der Waals surface area contributed by atoms with Crippen molar-refractivity contribution < 1.29 is 22.4 Å². The molecule has 0 unspecified atom stereocenters. The summed E-state index contributed by atoms with van der Waals surface area (Å²) in [6, 6.07) is 7.45. The molecule has 1 amide bonds. The van der Waals surface area contributed by atoms with Gasteiger partial charge in [-0.15, -0.1) is 10.2 Å². The van der Waals surface area contributed by atoms with Crippen molar-refractivity contribution in [2.75, 3.05) is 5.32 Å². The topological polar surface area (TPSA) is 90.5 Å². The van der Waals surface area contributed by atoms with Crippen LogP contribution in [0.25, 0.3) is 17.2 Å². The number of aromatic nitrogens is 6. The number of nitrogens with one attached hydrogen (secondary N) is 1. The first-order valence-electron chi connectivity index (χ1n) is 10.8. The number of nitrogens with zero attached hydrogens (tertiary/aromatic N) is 6. The van der Waals surface area contributed by atoms with Crippen LogP contribution in [0.1, 0.15) is 46.8 Å². The van der Waals surface area contributed by atoms with E-state index >= 15 is 0 Å². The second-order valence-corrected chi connectivity index (χ2v) is 8.34. The lowest BCUT2D eigenvalue weighted by molar-refractivity contribution is -0.140. The molecule has 4 heterocycles. The second kappa shape index (κ2) is 8.29. The van der Waals surface area contributed by atoms with E-state index in [2.05, 4.69) is 32.4 Å². The minimum atomic E-state index is -4.63. The lowest BCUT2D eigenvalue weighted by Gasteiger charge is -2.12. The van der Waals surface area contributed by atoms with E-state index in [1.54, 1.807) is 18.2 Å². The van der Waals surface area contributed by atoms with Crippen LogP contribution < -0.4 is 5.32 Å². The number of carbonyl (C=O) groups is 1. The van der Waals surface area contributed by atoms with Gasteiger partial charge in [-0.1, -0.05) is 6.07 Å². The number of carbonyl (C=O) groups excluding carboxylic acids is 1. The molecular formula is C23H19F4N7O. The smallest absolute Gasteiger partial charge is 0.307 e. The van der Waals surface area contributed by atoms with Crippen LogP contribution in [0.5, 0.6) is 0 Å². The number of hydrogen-bond donors (Lipinski definition) is 1. The molecule has 1 aromatic carbocycles. The van der Waals surface area contributed by atoms with Crippen LogP contribution >= 0.6 is 0 Å². The lowest BCUT2D eigenvalue weighted by atomic mass is 10.1. The van der Waals surface area contributed by atoms with Crippen molar-refractivity contribution in [3.63, 3.8) is 0 Å². The van der Waals surface area contributed by atoms with E-state index in [4.69, 9.17) is 0 Å². The Morgan fingerprint density at radius 3 is 2.74 bits per heavy atom. The van der Waals surface area contributed by atoms with Gasteiger partial charge in [0, 0.05) is 18.7 Å². The van der Waals surface area contributed by atoms with E-state index in [0.717, 1.165) is 41.8 Å². The number of halogens is 4. The van der Waals surface area contributed by atoms with Crippen molar-refractivity contribution in [3.05, 3.63) is 71.3 Å². The predicted octanol–water partition coefficient (Wildman–Crippen LogP) is 4.75. The van der Waals surface area contributed by atoms with Crippen LogP contribution in [-0.4, -0.2) is 35.2 Å². The highest BCUT2D eigenvalue weighted by atomic mass is 19.4. The molecule has 4 aromatic rings. The van der Waals surface area contributed by atoms with Crippen molar-refractivity contribution in [2.45, 2.75) is 38.9 Å². The van der Waals surface area contributed by atoms with Gasteiger partial charge in [0.15, 0.2) is 11.5 Å². The molecule has 1 atom stereocenters. The van der Waals surface area contributed by atoms with Crippen LogP contribution in [0.3, 0.4) is 0 Å². The Labute approximate surface area is 196 Å². The maximum atomic E-state index is 14.7. The summed E-state index contributed by atoms with van der Waals surface area (Å²) in [6.07, 6.45) is -1.11. The molecule has 0 bridgehead atoms. The molecule has 5 rings (SSSR count). The molecule has 35 heavy (non-hydrogen) atoms. The van der Waals surface area contributed by atoms with E-state index in [1.807, 2.05) is 4.57 Å². The average Bonchev–Trinajstić information content (AvgIpc) is 3.52. The van der Waals surface area contributed by atoms with Crippen molar-refractivity contribution in [1.82, 2.24) is 29.3 Å². The fraction of sp³-hybridized carbons (Fsp3) is 0.261. The number of aryl methyl sites for hydroxylation is 2. The molecule has 0 fully saturated rings. The molecule has 1 aliphatic heterocycles. The fourth-order valence-electron chi connectivity index (χ4n) is 4.13. The summed E-state index contributed by atoms with van der Waals surface area (Å²) < 4.78 is 56.6. The van der Waals surface area contributed by atoms with Gasteiger partial charge in [0.2, 0.25) is 0 Å². The zero-order valence-electron chi connectivity index (χ0n) is 18.6. The third-order valence-corrected chi connectivity index (χ3v) is 5.89. The summed E-state index contributed by atoms with van der Waals surface area (Å²) in [5.41, 5.74) is -0.424. The van der Waals surface area contributed by atoms with Crippen LogP contribution in [-0.2, 0) is 12.6 Å². The number of alkyl halides is 3. The molecule has 0 spiro atoms. The molecule has 0 saturated heterocycles. The van der Waals surface area contributed by atoms with Crippen molar-refractivity contribution in [3.8, 4) is 17.2 Å². The maximum Gasteiger partial charge on any atom is 0.434 e. The van der Waals surface area contributed by atoms with Gasteiger partial charge in [-0.05, 0) is 50.1 Å².